The Morgan fingerprint density at radius 3 is 2.84 bits per heavy atom. The van der Waals surface area contributed by atoms with Gasteiger partial charge in [0.15, 0.2) is 0 Å². The van der Waals surface area contributed by atoms with Crippen molar-refractivity contribution >= 4 is 5.69 Å². The fourth-order valence-corrected chi connectivity index (χ4v) is 2.55. The standard InChI is InChI=1S/C15H20FN3/c1-11(2)19(10-13-4-3-7-18-13)15-6-5-12(9-17)8-14(15)16/h5-6,8,11,13,18H,3-4,7,10H2,1-2H3. The molecule has 1 fully saturated rings. The molecular formula is C15H20FN3. The fraction of sp³-hybridized carbons (Fsp3) is 0.533. The minimum atomic E-state index is -0.314. The Hall–Kier alpha value is -1.60. The number of nitrogens with zero attached hydrogens (tertiary/aromatic N) is 2. The molecule has 0 spiro atoms. The molecule has 0 amide bonds. The van der Waals surface area contributed by atoms with Crippen LogP contribution < -0.4 is 10.2 Å². The molecule has 3 nitrogen and oxygen atoms in total. The van der Waals surface area contributed by atoms with Gasteiger partial charge in [-0.3, -0.25) is 0 Å². The number of nitrogens with one attached hydrogen (secondary N) is 1. The highest BCUT2D eigenvalue weighted by Gasteiger charge is 2.22. The van der Waals surface area contributed by atoms with E-state index in [0.717, 1.165) is 19.5 Å². The molecule has 1 atom stereocenters. The van der Waals surface area contributed by atoms with Crippen molar-refractivity contribution in [3.8, 4) is 6.07 Å². The van der Waals surface area contributed by atoms with E-state index in [1.165, 1.54) is 12.5 Å². The van der Waals surface area contributed by atoms with Crippen molar-refractivity contribution in [2.45, 2.75) is 38.8 Å². The maximum absolute atomic E-state index is 14.1. The van der Waals surface area contributed by atoms with Crippen LogP contribution in [0.5, 0.6) is 0 Å². The van der Waals surface area contributed by atoms with Crippen LogP contribution in [-0.2, 0) is 0 Å². The van der Waals surface area contributed by atoms with Crippen LogP contribution in [0.25, 0.3) is 0 Å². The lowest BCUT2D eigenvalue weighted by molar-refractivity contribution is 0.538. The number of rotatable bonds is 4. The summed E-state index contributed by atoms with van der Waals surface area (Å²) in [5.41, 5.74) is 0.951. The van der Waals surface area contributed by atoms with Gasteiger partial charge in [0, 0.05) is 18.6 Å². The lowest BCUT2D eigenvalue weighted by Gasteiger charge is -2.32. The van der Waals surface area contributed by atoms with Gasteiger partial charge >= 0.3 is 0 Å². The van der Waals surface area contributed by atoms with Crippen LogP contribution in [0.3, 0.4) is 0 Å². The van der Waals surface area contributed by atoms with E-state index in [9.17, 15) is 4.39 Å². The summed E-state index contributed by atoms with van der Waals surface area (Å²) >= 11 is 0. The predicted octanol–water partition coefficient (Wildman–Crippen LogP) is 2.66. The number of nitriles is 1. The van der Waals surface area contributed by atoms with Crippen molar-refractivity contribution in [1.82, 2.24) is 5.32 Å². The molecule has 1 aliphatic heterocycles. The SMILES string of the molecule is CC(C)N(CC1CCCN1)c1ccc(C#N)cc1F. The van der Waals surface area contributed by atoms with E-state index >= 15 is 0 Å². The monoisotopic (exact) mass is 261 g/mol. The highest BCUT2D eigenvalue weighted by atomic mass is 19.1. The molecule has 1 heterocycles. The van der Waals surface area contributed by atoms with Gasteiger partial charge in [-0.15, -0.1) is 0 Å². The molecule has 1 aliphatic rings. The van der Waals surface area contributed by atoms with Gasteiger partial charge in [-0.25, -0.2) is 4.39 Å². The van der Waals surface area contributed by atoms with Gasteiger partial charge < -0.3 is 10.2 Å². The zero-order valence-corrected chi connectivity index (χ0v) is 11.5. The highest BCUT2D eigenvalue weighted by Crippen LogP contribution is 2.24. The molecule has 0 bridgehead atoms. The summed E-state index contributed by atoms with van der Waals surface area (Å²) in [6, 6.07) is 7.32. The summed E-state index contributed by atoms with van der Waals surface area (Å²) in [4.78, 5) is 2.07. The smallest absolute Gasteiger partial charge is 0.147 e. The molecule has 102 valence electrons. The molecule has 1 saturated heterocycles. The summed E-state index contributed by atoms with van der Waals surface area (Å²) in [6.45, 7) is 5.98. The first-order valence-corrected chi connectivity index (χ1v) is 6.81. The number of halogens is 1. The lowest BCUT2D eigenvalue weighted by Crippen LogP contribution is -2.41. The average molecular weight is 261 g/mol. The second-order valence-electron chi connectivity index (χ2n) is 5.32. The Labute approximate surface area is 114 Å². The number of benzene rings is 1. The third kappa shape index (κ3) is 3.24. The summed E-state index contributed by atoms with van der Waals surface area (Å²) in [6.07, 6.45) is 2.33. The van der Waals surface area contributed by atoms with Gasteiger partial charge in [-0.1, -0.05) is 0 Å². The molecule has 2 rings (SSSR count). The summed E-state index contributed by atoms with van der Waals surface area (Å²) in [5, 5.41) is 12.2. The van der Waals surface area contributed by atoms with Crippen LogP contribution in [0.15, 0.2) is 18.2 Å². The zero-order valence-electron chi connectivity index (χ0n) is 11.5. The molecule has 0 radical (unpaired) electrons. The number of hydrogen-bond acceptors (Lipinski definition) is 3. The van der Waals surface area contributed by atoms with Gasteiger partial charge in [0.05, 0.1) is 17.3 Å². The Morgan fingerprint density at radius 1 is 1.53 bits per heavy atom. The third-order valence-corrected chi connectivity index (χ3v) is 3.59. The van der Waals surface area contributed by atoms with E-state index in [-0.39, 0.29) is 11.9 Å². The van der Waals surface area contributed by atoms with Crippen LogP contribution in [0.2, 0.25) is 0 Å². The Kier molecular flexibility index (Phi) is 4.39. The summed E-state index contributed by atoms with van der Waals surface area (Å²) in [7, 11) is 0. The largest absolute Gasteiger partial charge is 0.365 e. The Bertz CT molecular complexity index is 473. The summed E-state index contributed by atoms with van der Waals surface area (Å²) < 4.78 is 14.1. The molecule has 1 aromatic carbocycles. The first kappa shape index (κ1) is 13.8. The second kappa shape index (κ2) is 6.03. The Balaban J connectivity index is 2.21. The van der Waals surface area contributed by atoms with E-state index < -0.39 is 0 Å². The highest BCUT2D eigenvalue weighted by molar-refractivity contribution is 5.52. The van der Waals surface area contributed by atoms with Gasteiger partial charge in [0.1, 0.15) is 5.82 Å². The van der Waals surface area contributed by atoms with Crippen molar-refractivity contribution in [1.29, 1.82) is 5.26 Å². The molecule has 1 N–H and O–H groups in total. The minimum absolute atomic E-state index is 0.227. The molecule has 0 aromatic heterocycles. The van der Waals surface area contributed by atoms with E-state index in [2.05, 4.69) is 24.1 Å². The maximum Gasteiger partial charge on any atom is 0.147 e. The summed E-state index contributed by atoms with van der Waals surface area (Å²) in [5.74, 6) is -0.314. The first-order valence-electron chi connectivity index (χ1n) is 6.81. The van der Waals surface area contributed by atoms with Gasteiger partial charge in [-0.05, 0) is 51.4 Å². The van der Waals surface area contributed by atoms with Crippen molar-refractivity contribution in [2.24, 2.45) is 0 Å². The maximum atomic E-state index is 14.1. The van der Waals surface area contributed by atoms with Gasteiger partial charge in [0.25, 0.3) is 0 Å². The zero-order chi connectivity index (χ0) is 13.8. The van der Waals surface area contributed by atoms with Crippen LogP contribution in [-0.4, -0.2) is 25.2 Å². The quantitative estimate of drug-likeness (QED) is 0.905. The van der Waals surface area contributed by atoms with E-state index in [1.54, 1.807) is 12.1 Å². The van der Waals surface area contributed by atoms with Crippen molar-refractivity contribution in [3.63, 3.8) is 0 Å². The van der Waals surface area contributed by atoms with Crippen LogP contribution in [0.1, 0.15) is 32.3 Å². The average Bonchev–Trinajstić information content (AvgIpc) is 2.89. The van der Waals surface area contributed by atoms with E-state index in [0.29, 0.717) is 17.3 Å². The number of anilines is 1. The predicted molar refractivity (Wildman–Crippen MR) is 74.6 cm³/mol. The molecule has 0 saturated carbocycles. The molecule has 4 heteroatoms. The second-order valence-corrected chi connectivity index (χ2v) is 5.32. The Morgan fingerprint density at radius 2 is 2.32 bits per heavy atom. The van der Waals surface area contributed by atoms with Crippen molar-refractivity contribution < 1.29 is 4.39 Å². The first-order chi connectivity index (χ1) is 9.11. The van der Waals surface area contributed by atoms with Crippen LogP contribution in [0, 0.1) is 17.1 Å². The number of hydrogen-bond donors (Lipinski definition) is 1. The molecule has 1 aromatic rings. The fourth-order valence-electron chi connectivity index (χ4n) is 2.55. The van der Waals surface area contributed by atoms with Crippen LogP contribution in [0.4, 0.5) is 10.1 Å². The topological polar surface area (TPSA) is 39.1 Å². The minimum Gasteiger partial charge on any atom is -0.365 e. The van der Waals surface area contributed by atoms with Crippen molar-refractivity contribution in [3.05, 3.63) is 29.6 Å². The lowest BCUT2D eigenvalue weighted by atomic mass is 10.1. The normalized spacial score (nSPS) is 18.6. The van der Waals surface area contributed by atoms with Gasteiger partial charge in [-0.2, -0.15) is 5.26 Å². The van der Waals surface area contributed by atoms with Crippen molar-refractivity contribution in [2.75, 3.05) is 18.0 Å². The van der Waals surface area contributed by atoms with E-state index in [1.807, 2.05) is 6.07 Å². The van der Waals surface area contributed by atoms with E-state index in [4.69, 9.17) is 5.26 Å². The third-order valence-electron chi connectivity index (χ3n) is 3.59. The van der Waals surface area contributed by atoms with Gasteiger partial charge in [0.2, 0.25) is 0 Å². The molecule has 19 heavy (non-hydrogen) atoms. The van der Waals surface area contributed by atoms with Crippen LogP contribution >= 0.6 is 0 Å². The molecule has 1 unspecified atom stereocenters. The molecular weight excluding hydrogens is 241 g/mol. The molecule has 0 aliphatic carbocycles.